The molecule has 1 heterocycles. The highest BCUT2D eigenvalue weighted by Crippen LogP contribution is 2.31. The monoisotopic (exact) mass is 290 g/mol. The van der Waals surface area contributed by atoms with Crippen molar-refractivity contribution in [3.8, 4) is 0 Å². The molecular weight excluding hydrogens is 260 g/mol. The topological polar surface area (TPSA) is 49.8 Å². The molecule has 0 bridgehead atoms. The number of nitrogens with zero attached hydrogens (tertiary/aromatic N) is 2. The maximum Gasteiger partial charge on any atom is 0.138 e. The lowest BCUT2D eigenvalue weighted by molar-refractivity contribution is 0.285. The van der Waals surface area contributed by atoms with Gasteiger partial charge in [0.15, 0.2) is 0 Å². The normalized spacial score (nSPS) is 17.2. The van der Waals surface area contributed by atoms with E-state index in [1.165, 1.54) is 19.3 Å². The summed E-state index contributed by atoms with van der Waals surface area (Å²) in [6.07, 6.45) is 5.14. The van der Waals surface area contributed by atoms with Gasteiger partial charge in [0, 0.05) is 24.1 Å². The first-order chi connectivity index (χ1) is 9.90. The lowest BCUT2D eigenvalue weighted by atomic mass is 9.80. The number of rotatable bonds is 6. The van der Waals surface area contributed by atoms with Crippen molar-refractivity contribution in [2.75, 3.05) is 17.2 Å². The van der Waals surface area contributed by atoms with Crippen LogP contribution in [0.15, 0.2) is 6.07 Å². The lowest BCUT2D eigenvalue weighted by Crippen LogP contribution is -2.31. The van der Waals surface area contributed by atoms with Crippen molar-refractivity contribution in [3.05, 3.63) is 11.9 Å². The van der Waals surface area contributed by atoms with Crippen LogP contribution < -0.4 is 10.6 Å². The zero-order chi connectivity index (χ0) is 15.5. The molecule has 2 N–H and O–H groups in total. The Morgan fingerprint density at radius 2 is 1.90 bits per heavy atom. The van der Waals surface area contributed by atoms with E-state index >= 15 is 0 Å². The predicted octanol–water partition coefficient (Wildman–Crippen LogP) is 4.20. The van der Waals surface area contributed by atoms with E-state index in [0.717, 1.165) is 36.3 Å². The van der Waals surface area contributed by atoms with E-state index in [2.05, 4.69) is 50.2 Å². The molecule has 21 heavy (non-hydrogen) atoms. The Morgan fingerprint density at radius 3 is 2.43 bits per heavy atom. The van der Waals surface area contributed by atoms with Gasteiger partial charge in [-0.15, -0.1) is 0 Å². The zero-order valence-corrected chi connectivity index (χ0v) is 14.2. The van der Waals surface area contributed by atoms with Gasteiger partial charge in [-0.1, -0.05) is 34.1 Å². The molecule has 4 heteroatoms. The van der Waals surface area contributed by atoms with Gasteiger partial charge in [-0.3, -0.25) is 0 Å². The summed E-state index contributed by atoms with van der Waals surface area (Å²) < 4.78 is 0. The molecule has 0 aromatic carbocycles. The Morgan fingerprint density at radius 1 is 1.24 bits per heavy atom. The molecule has 4 nitrogen and oxygen atoms in total. The number of hydrogen-bond donors (Lipinski definition) is 2. The second-order valence-corrected chi connectivity index (χ2v) is 7.26. The number of aromatic nitrogens is 2. The van der Waals surface area contributed by atoms with Crippen molar-refractivity contribution in [2.45, 2.75) is 71.8 Å². The first kappa shape index (κ1) is 16.1. The zero-order valence-electron chi connectivity index (χ0n) is 14.2. The Bertz CT molecular complexity index is 460. The fraction of sp³-hybridized carbons (Fsp3) is 0.765. The van der Waals surface area contributed by atoms with E-state index in [-0.39, 0.29) is 5.41 Å². The van der Waals surface area contributed by atoms with Gasteiger partial charge in [-0.05, 0) is 32.1 Å². The van der Waals surface area contributed by atoms with Gasteiger partial charge in [0.25, 0.3) is 0 Å². The third kappa shape index (κ3) is 4.32. The summed E-state index contributed by atoms with van der Waals surface area (Å²) in [6, 6.07) is 2.53. The summed E-state index contributed by atoms with van der Waals surface area (Å²) in [7, 11) is 0. The first-order valence-electron chi connectivity index (χ1n) is 8.30. The second-order valence-electron chi connectivity index (χ2n) is 7.26. The molecule has 0 saturated heterocycles. The number of anilines is 2. The van der Waals surface area contributed by atoms with Crippen LogP contribution in [0.1, 0.15) is 66.1 Å². The van der Waals surface area contributed by atoms with Crippen LogP contribution in [-0.2, 0) is 5.41 Å². The largest absolute Gasteiger partial charge is 0.370 e. The summed E-state index contributed by atoms with van der Waals surface area (Å²) in [6.45, 7) is 11.8. The molecule has 0 radical (unpaired) electrons. The Labute approximate surface area is 129 Å². The van der Waals surface area contributed by atoms with Crippen molar-refractivity contribution >= 4 is 11.6 Å². The molecule has 1 saturated carbocycles. The van der Waals surface area contributed by atoms with Crippen LogP contribution in [0.2, 0.25) is 0 Å². The third-order valence-corrected chi connectivity index (χ3v) is 4.19. The minimum absolute atomic E-state index is 0.0416. The van der Waals surface area contributed by atoms with Crippen molar-refractivity contribution < 1.29 is 0 Å². The molecule has 118 valence electrons. The van der Waals surface area contributed by atoms with Crippen LogP contribution in [0.3, 0.4) is 0 Å². The molecule has 0 amide bonds. The molecule has 1 aromatic rings. The molecule has 0 aliphatic heterocycles. The highest BCUT2D eigenvalue weighted by Gasteiger charge is 2.25. The summed E-state index contributed by atoms with van der Waals surface area (Å²) >= 11 is 0. The van der Waals surface area contributed by atoms with Crippen LogP contribution in [0.25, 0.3) is 0 Å². The van der Waals surface area contributed by atoms with E-state index in [4.69, 9.17) is 4.98 Å². The summed E-state index contributed by atoms with van der Waals surface area (Å²) in [5, 5.41) is 6.97. The molecule has 1 aliphatic carbocycles. The quantitative estimate of drug-likeness (QED) is 0.824. The van der Waals surface area contributed by atoms with Gasteiger partial charge in [0.05, 0.1) is 0 Å². The second kappa shape index (κ2) is 6.63. The van der Waals surface area contributed by atoms with Crippen LogP contribution in [0, 0.1) is 5.92 Å². The lowest BCUT2D eigenvalue weighted by Gasteiger charge is -2.32. The van der Waals surface area contributed by atoms with Gasteiger partial charge in [0.2, 0.25) is 0 Å². The highest BCUT2D eigenvalue weighted by atomic mass is 15.1. The number of nitrogens with one attached hydrogen (secondary N) is 2. The SMILES string of the molecule is CCCNc1cc(NC(C)C2CCC2)nc(C(C)(C)C)n1. The minimum Gasteiger partial charge on any atom is -0.370 e. The molecule has 1 aliphatic rings. The van der Waals surface area contributed by atoms with Gasteiger partial charge in [0.1, 0.15) is 17.5 Å². The average Bonchev–Trinajstić information content (AvgIpc) is 2.32. The van der Waals surface area contributed by atoms with Crippen LogP contribution in [0.4, 0.5) is 11.6 Å². The average molecular weight is 290 g/mol. The standard InChI is InChI=1S/C17H30N4/c1-6-10-18-14-11-15(19-12(2)13-8-7-9-13)21-16(20-14)17(3,4)5/h11-13H,6-10H2,1-5H3,(H2,18,19,20,21). The Balaban J connectivity index is 2.17. The van der Waals surface area contributed by atoms with Gasteiger partial charge in [-0.2, -0.15) is 0 Å². The van der Waals surface area contributed by atoms with Gasteiger partial charge in [-0.25, -0.2) is 9.97 Å². The summed E-state index contributed by atoms with van der Waals surface area (Å²) in [5.41, 5.74) is -0.0416. The predicted molar refractivity (Wildman–Crippen MR) is 89.9 cm³/mol. The van der Waals surface area contributed by atoms with Crippen LogP contribution in [-0.4, -0.2) is 22.6 Å². The van der Waals surface area contributed by atoms with E-state index in [0.29, 0.717) is 6.04 Å². The maximum absolute atomic E-state index is 4.73. The number of hydrogen-bond acceptors (Lipinski definition) is 4. The molecule has 2 rings (SSSR count). The van der Waals surface area contributed by atoms with E-state index in [1.54, 1.807) is 0 Å². The third-order valence-electron chi connectivity index (χ3n) is 4.19. The van der Waals surface area contributed by atoms with E-state index in [9.17, 15) is 0 Å². The van der Waals surface area contributed by atoms with E-state index in [1.807, 2.05) is 6.07 Å². The molecule has 1 fully saturated rings. The van der Waals surface area contributed by atoms with Crippen molar-refractivity contribution in [1.29, 1.82) is 0 Å². The Hall–Kier alpha value is -1.32. The minimum atomic E-state index is -0.0416. The van der Waals surface area contributed by atoms with Gasteiger partial charge >= 0.3 is 0 Å². The van der Waals surface area contributed by atoms with Crippen LogP contribution in [0.5, 0.6) is 0 Å². The van der Waals surface area contributed by atoms with Gasteiger partial charge < -0.3 is 10.6 Å². The van der Waals surface area contributed by atoms with Crippen molar-refractivity contribution in [1.82, 2.24) is 9.97 Å². The molecule has 1 aromatic heterocycles. The fourth-order valence-electron chi connectivity index (χ4n) is 2.49. The molecule has 1 unspecified atom stereocenters. The van der Waals surface area contributed by atoms with Crippen molar-refractivity contribution in [3.63, 3.8) is 0 Å². The maximum atomic E-state index is 4.73. The molecule has 0 spiro atoms. The molecular formula is C17H30N4. The van der Waals surface area contributed by atoms with Crippen molar-refractivity contribution in [2.24, 2.45) is 5.92 Å². The van der Waals surface area contributed by atoms with E-state index < -0.39 is 0 Å². The summed E-state index contributed by atoms with van der Waals surface area (Å²) in [4.78, 5) is 9.40. The summed E-state index contributed by atoms with van der Waals surface area (Å²) in [5.74, 6) is 3.57. The fourth-order valence-corrected chi connectivity index (χ4v) is 2.49. The smallest absolute Gasteiger partial charge is 0.138 e. The van der Waals surface area contributed by atoms with Crippen LogP contribution >= 0.6 is 0 Å². The molecule has 1 atom stereocenters. The first-order valence-corrected chi connectivity index (χ1v) is 8.30. The highest BCUT2D eigenvalue weighted by molar-refractivity contribution is 5.48. The Kier molecular flexibility index (Phi) is 5.07.